The minimum Gasteiger partial charge on any atom is -0.489 e. The Morgan fingerprint density at radius 2 is 1.73 bits per heavy atom. The molecule has 0 fully saturated rings. The van der Waals surface area contributed by atoms with Crippen molar-refractivity contribution in [3.05, 3.63) is 63.7 Å². The molecule has 0 radical (unpaired) electrons. The van der Waals surface area contributed by atoms with Gasteiger partial charge in [-0.2, -0.15) is 0 Å². The molecule has 0 bridgehead atoms. The van der Waals surface area contributed by atoms with Crippen molar-refractivity contribution in [1.82, 2.24) is 0 Å². The van der Waals surface area contributed by atoms with Crippen LogP contribution in [0.1, 0.15) is 28.5 Å². The van der Waals surface area contributed by atoms with Gasteiger partial charge < -0.3 is 14.2 Å². The van der Waals surface area contributed by atoms with Gasteiger partial charge in [-0.25, -0.2) is 0 Å². The highest BCUT2D eigenvalue weighted by molar-refractivity contribution is 6.30. The molecule has 0 saturated heterocycles. The third-order valence-corrected chi connectivity index (χ3v) is 3.75. The summed E-state index contributed by atoms with van der Waals surface area (Å²) in [5, 5.41) is 0.661. The lowest BCUT2D eigenvalue weighted by atomic mass is 10.1. The summed E-state index contributed by atoms with van der Waals surface area (Å²) in [5.74, 6) is 0.873. The van der Waals surface area contributed by atoms with Crippen molar-refractivity contribution in [2.24, 2.45) is 0 Å². The van der Waals surface area contributed by atoms with Gasteiger partial charge >= 0.3 is 0 Å². The molecule has 0 amide bonds. The topological polar surface area (TPSA) is 27.7 Å². The van der Waals surface area contributed by atoms with Crippen molar-refractivity contribution in [2.75, 3.05) is 14.2 Å². The van der Waals surface area contributed by atoms with Gasteiger partial charge in [-0.1, -0.05) is 29.8 Å². The predicted octanol–water partition coefficient (Wildman–Crippen LogP) is 4.83. The highest BCUT2D eigenvalue weighted by atomic mass is 35.5. The Labute approximate surface area is 136 Å². The van der Waals surface area contributed by atoms with Crippen LogP contribution < -0.4 is 4.74 Å². The van der Waals surface area contributed by atoms with Crippen molar-refractivity contribution in [2.45, 2.75) is 26.7 Å². The van der Waals surface area contributed by atoms with Gasteiger partial charge in [0.15, 0.2) is 6.29 Å². The van der Waals surface area contributed by atoms with E-state index in [-0.39, 0.29) is 0 Å². The Morgan fingerprint density at radius 1 is 1.00 bits per heavy atom. The van der Waals surface area contributed by atoms with E-state index in [1.54, 1.807) is 14.2 Å². The molecule has 22 heavy (non-hydrogen) atoms. The van der Waals surface area contributed by atoms with Crippen LogP contribution >= 0.6 is 11.6 Å². The zero-order chi connectivity index (χ0) is 16.1. The third-order valence-electron chi connectivity index (χ3n) is 3.51. The zero-order valence-corrected chi connectivity index (χ0v) is 14.1. The molecule has 0 aliphatic heterocycles. The summed E-state index contributed by atoms with van der Waals surface area (Å²) in [6, 6.07) is 11.8. The molecule has 0 atom stereocenters. The van der Waals surface area contributed by atoms with E-state index in [2.05, 4.69) is 12.1 Å². The first kappa shape index (κ1) is 16.8. The van der Waals surface area contributed by atoms with E-state index in [4.69, 9.17) is 25.8 Å². The number of rotatable bonds is 6. The Kier molecular flexibility index (Phi) is 5.83. The van der Waals surface area contributed by atoms with E-state index in [1.165, 1.54) is 5.56 Å². The number of hydrogen-bond donors (Lipinski definition) is 0. The van der Waals surface area contributed by atoms with E-state index < -0.39 is 6.29 Å². The molecular formula is C18H21ClO3. The lowest BCUT2D eigenvalue weighted by Gasteiger charge is -2.19. The number of halogens is 1. The Hall–Kier alpha value is -1.55. The van der Waals surface area contributed by atoms with Crippen molar-refractivity contribution in [1.29, 1.82) is 0 Å². The molecule has 118 valence electrons. The van der Waals surface area contributed by atoms with E-state index in [0.717, 1.165) is 22.4 Å². The van der Waals surface area contributed by atoms with Gasteiger partial charge in [-0.05, 0) is 48.7 Å². The second kappa shape index (κ2) is 7.63. The van der Waals surface area contributed by atoms with Gasteiger partial charge in [0.25, 0.3) is 0 Å². The average molecular weight is 321 g/mol. The maximum atomic E-state index is 6.11. The first-order valence-corrected chi connectivity index (χ1v) is 7.47. The summed E-state index contributed by atoms with van der Waals surface area (Å²) in [6.07, 6.45) is -0.436. The summed E-state index contributed by atoms with van der Waals surface area (Å²) in [6.45, 7) is 4.48. The molecule has 4 heteroatoms. The Balaban J connectivity index is 2.25. The number of aryl methyl sites for hydroxylation is 2. The van der Waals surface area contributed by atoms with Gasteiger partial charge in [-0.3, -0.25) is 0 Å². The van der Waals surface area contributed by atoms with Gasteiger partial charge in [0, 0.05) is 24.8 Å². The fraction of sp³-hybridized carbons (Fsp3) is 0.333. The van der Waals surface area contributed by atoms with Crippen molar-refractivity contribution < 1.29 is 14.2 Å². The lowest BCUT2D eigenvalue weighted by Crippen LogP contribution is -2.09. The number of hydrogen-bond acceptors (Lipinski definition) is 3. The molecule has 0 spiro atoms. The Morgan fingerprint density at radius 3 is 2.41 bits per heavy atom. The van der Waals surface area contributed by atoms with E-state index >= 15 is 0 Å². The second-order valence-electron chi connectivity index (χ2n) is 5.20. The number of methoxy groups -OCH3 is 2. The summed E-state index contributed by atoms with van der Waals surface area (Å²) in [7, 11) is 3.22. The van der Waals surface area contributed by atoms with Crippen LogP contribution in [0.4, 0.5) is 0 Å². The van der Waals surface area contributed by atoms with Crippen molar-refractivity contribution in [3.63, 3.8) is 0 Å². The van der Waals surface area contributed by atoms with Crippen LogP contribution in [0.25, 0.3) is 0 Å². The highest BCUT2D eigenvalue weighted by Crippen LogP contribution is 2.27. The maximum absolute atomic E-state index is 6.11. The van der Waals surface area contributed by atoms with Crippen LogP contribution in [0, 0.1) is 13.8 Å². The first-order chi connectivity index (χ1) is 10.5. The zero-order valence-electron chi connectivity index (χ0n) is 13.4. The van der Waals surface area contributed by atoms with Crippen molar-refractivity contribution in [3.8, 4) is 5.75 Å². The molecule has 0 unspecified atom stereocenters. The van der Waals surface area contributed by atoms with E-state index in [1.807, 2.05) is 38.1 Å². The van der Waals surface area contributed by atoms with Crippen LogP contribution in [0.3, 0.4) is 0 Å². The summed E-state index contributed by atoms with van der Waals surface area (Å²) in [4.78, 5) is 0. The molecule has 0 aromatic heterocycles. The van der Waals surface area contributed by atoms with Crippen LogP contribution in [0.2, 0.25) is 5.02 Å². The van der Waals surface area contributed by atoms with Gasteiger partial charge in [-0.15, -0.1) is 0 Å². The van der Waals surface area contributed by atoms with E-state index in [0.29, 0.717) is 11.6 Å². The maximum Gasteiger partial charge on any atom is 0.183 e. The standard InChI is InChI=1S/C18H21ClO3/c1-12-5-6-13(2)17(9-12)22-11-14-10-15(19)7-8-16(14)18(20-3)21-4/h5-10,18H,11H2,1-4H3. The minimum atomic E-state index is -0.436. The normalized spacial score (nSPS) is 11.0. The molecule has 0 heterocycles. The molecular weight excluding hydrogens is 300 g/mol. The molecule has 2 aromatic carbocycles. The third kappa shape index (κ3) is 4.01. The summed E-state index contributed by atoms with van der Waals surface area (Å²) < 4.78 is 16.6. The van der Waals surface area contributed by atoms with Crippen LogP contribution in [-0.4, -0.2) is 14.2 Å². The number of benzene rings is 2. The van der Waals surface area contributed by atoms with Crippen LogP contribution in [-0.2, 0) is 16.1 Å². The fourth-order valence-electron chi connectivity index (χ4n) is 2.30. The quantitative estimate of drug-likeness (QED) is 0.714. The molecule has 0 saturated carbocycles. The van der Waals surface area contributed by atoms with Gasteiger partial charge in [0.2, 0.25) is 0 Å². The monoisotopic (exact) mass is 320 g/mol. The molecule has 2 rings (SSSR count). The van der Waals surface area contributed by atoms with Gasteiger partial charge in [0.1, 0.15) is 12.4 Å². The molecule has 0 aliphatic rings. The van der Waals surface area contributed by atoms with E-state index in [9.17, 15) is 0 Å². The van der Waals surface area contributed by atoms with Crippen LogP contribution in [0.5, 0.6) is 5.75 Å². The summed E-state index contributed by atoms with van der Waals surface area (Å²) >= 11 is 6.11. The smallest absolute Gasteiger partial charge is 0.183 e. The molecule has 2 aromatic rings. The SMILES string of the molecule is COC(OC)c1ccc(Cl)cc1COc1cc(C)ccc1C. The average Bonchev–Trinajstić information content (AvgIpc) is 2.51. The largest absolute Gasteiger partial charge is 0.489 e. The summed E-state index contributed by atoms with van der Waals surface area (Å²) in [5.41, 5.74) is 4.13. The first-order valence-electron chi connectivity index (χ1n) is 7.09. The van der Waals surface area contributed by atoms with Gasteiger partial charge in [0.05, 0.1) is 0 Å². The fourth-order valence-corrected chi connectivity index (χ4v) is 2.49. The Bertz CT molecular complexity index is 636. The highest BCUT2D eigenvalue weighted by Gasteiger charge is 2.15. The minimum absolute atomic E-state index is 0.406. The molecule has 0 N–H and O–H groups in total. The predicted molar refractivity (Wildman–Crippen MR) is 88.5 cm³/mol. The van der Waals surface area contributed by atoms with Crippen LogP contribution in [0.15, 0.2) is 36.4 Å². The number of ether oxygens (including phenoxy) is 3. The molecule has 3 nitrogen and oxygen atoms in total. The lowest BCUT2D eigenvalue weighted by molar-refractivity contribution is -0.106. The second-order valence-corrected chi connectivity index (χ2v) is 5.64. The molecule has 0 aliphatic carbocycles. The van der Waals surface area contributed by atoms with Crippen molar-refractivity contribution >= 4 is 11.6 Å².